The molecule has 1 unspecified atom stereocenters. The monoisotopic (exact) mass is 387 g/mol. The van der Waals surface area contributed by atoms with Crippen molar-refractivity contribution in [2.75, 3.05) is 4.90 Å². The fourth-order valence-electron chi connectivity index (χ4n) is 3.43. The summed E-state index contributed by atoms with van der Waals surface area (Å²) in [5.74, 6) is 0.231. The van der Waals surface area contributed by atoms with Gasteiger partial charge >= 0.3 is 10.1 Å². The van der Waals surface area contributed by atoms with Crippen LogP contribution < -0.4 is 9.08 Å². The molecule has 0 radical (unpaired) electrons. The maximum Gasteiger partial charge on any atom is 0.339 e. The molecular formula is C21H25NO4S. The Morgan fingerprint density at radius 1 is 1.11 bits per heavy atom. The van der Waals surface area contributed by atoms with Crippen LogP contribution in [0.1, 0.15) is 45.7 Å². The Balaban J connectivity index is 1.86. The molecule has 0 aliphatic carbocycles. The Kier molecular flexibility index (Phi) is 4.80. The highest BCUT2D eigenvalue weighted by Crippen LogP contribution is 2.34. The van der Waals surface area contributed by atoms with Crippen LogP contribution in [0.5, 0.6) is 5.75 Å². The van der Waals surface area contributed by atoms with Crippen molar-refractivity contribution in [2.24, 2.45) is 0 Å². The van der Waals surface area contributed by atoms with Crippen molar-refractivity contribution in [2.45, 2.75) is 57.4 Å². The summed E-state index contributed by atoms with van der Waals surface area (Å²) >= 11 is 0. The topological polar surface area (TPSA) is 63.7 Å². The molecule has 6 heteroatoms. The van der Waals surface area contributed by atoms with Crippen molar-refractivity contribution >= 4 is 21.7 Å². The van der Waals surface area contributed by atoms with Crippen LogP contribution in [0, 0.1) is 0 Å². The van der Waals surface area contributed by atoms with Gasteiger partial charge in [-0.2, -0.15) is 8.42 Å². The number of fused-ring (bicyclic) bond motifs is 1. The van der Waals surface area contributed by atoms with E-state index in [2.05, 4.69) is 20.8 Å². The number of carbonyl (C=O) groups is 1. The predicted molar refractivity (Wildman–Crippen MR) is 106 cm³/mol. The van der Waals surface area contributed by atoms with Crippen LogP contribution in [0.4, 0.5) is 5.69 Å². The van der Waals surface area contributed by atoms with E-state index in [1.807, 2.05) is 19.1 Å². The van der Waals surface area contributed by atoms with Gasteiger partial charge in [0.25, 0.3) is 0 Å². The highest BCUT2D eigenvalue weighted by Gasteiger charge is 2.30. The first-order valence-electron chi connectivity index (χ1n) is 8.97. The lowest BCUT2D eigenvalue weighted by Crippen LogP contribution is -2.33. The molecule has 144 valence electrons. The molecule has 1 aliphatic heterocycles. The van der Waals surface area contributed by atoms with Gasteiger partial charge in [0.1, 0.15) is 10.6 Å². The van der Waals surface area contributed by atoms with Crippen LogP contribution >= 0.6 is 0 Å². The van der Waals surface area contributed by atoms with Gasteiger partial charge < -0.3 is 9.08 Å². The molecule has 0 aromatic heterocycles. The average Bonchev–Trinajstić information content (AvgIpc) is 2.89. The fourth-order valence-corrected chi connectivity index (χ4v) is 4.41. The lowest BCUT2D eigenvalue weighted by molar-refractivity contribution is -0.116. The summed E-state index contributed by atoms with van der Waals surface area (Å²) in [6.45, 7) is 9.74. The van der Waals surface area contributed by atoms with Crippen LogP contribution in [0.25, 0.3) is 0 Å². The van der Waals surface area contributed by atoms with E-state index in [9.17, 15) is 13.2 Å². The highest BCUT2D eigenvalue weighted by molar-refractivity contribution is 7.87. The summed E-state index contributed by atoms with van der Waals surface area (Å²) in [6.07, 6.45) is 0.624. The second kappa shape index (κ2) is 6.68. The van der Waals surface area contributed by atoms with Gasteiger partial charge in [-0.05, 0) is 60.2 Å². The molecule has 27 heavy (non-hydrogen) atoms. The third kappa shape index (κ3) is 3.86. The third-order valence-corrected chi connectivity index (χ3v) is 6.06. The molecule has 3 rings (SSSR count). The highest BCUT2D eigenvalue weighted by atomic mass is 32.2. The number of benzene rings is 2. The molecule has 1 heterocycles. The first-order chi connectivity index (χ1) is 12.5. The first-order valence-corrected chi connectivity index (χ1v) is 10.4. The Morgan fingerprint density at radius 2 is 1.74 bits per heavy atom. The third-order valence-electron chi connectivity index (χ3n) is 4.82. The van der Waals surface area contributed by atoms with Gasteiger partial charge in [0, 0.05) is 18.7 Å². The van der Waals surface area contributed by atoms with Crippen LogP contribution in [0.3, 0.4) is 0 Å². The predicted octanol–water partition coefficient (Wildman–Crippen LogP) is 4.05. The lowest BCUT2D eigenvalue weighted by Gasteiger charge is -2.20. The van der Waals surface area contributed by atoms with Gasteiger partial charge in [-0.1, -0.05) is 32.9 Å². The van der Waals surface area contributed by atoms with Crippen LogP contribution in [0.15, 0.2) is 47.4 Å². The molecule has 0 fully saturated rings. The van der Waals surface area contributed by atoms with Gasteiger partial charge in [-0.15, -0.1) is 0 Å². The number of hydrogen-bond donors (Lipinski definition) is 0. The smallest absolute Gasteiger partial charge is 0.339 e. The molecule has 2 aromatic rings. The largest absolute Gasteiger partial charge is 0.379 e. The van der Waals surface area contributed by atoms with Gasteiger partial charge in [-0.25, -0.2) is 0 Å². The van der Waals surface area contributed by atoms with Crippen LogP contribution in [-0.2, 0) is 26.7 Å². The SMILES string of the molecule is CC(=O)N1c2ccc(S(=O)(=O)Oc3ccc(C(C)(C)C)cc3)cc2CC1C. The summed E-state index contributed by atoms with van der Waals surface area (Å²) in [5, 5.41) is 0. The molecule has 1 aliphatic rings. The second-order valence-electron chi connectivity index (χ2n) is 8.04. The zero-order valence-corrected chi connectivity index (χ0v) is 17.1. The van der Waals surface area contributed by atoms with E-state index >= 15 is 0 Å². The average molecular weight is 388 g/mol. The summed E-state index contributed by atoms with van der Waals surface area (Å²) in [6, 6.07) is 11.9. The molecular weight excluding hydrogens is 362 g/mol. The molecule has 0 N–H and O–H groups in total. The zero-order valence-electron chi connectivity index (χ0n) is 16.3. The van der Waals surface area contributed by atoms with E-state index < -0.39 is 10.1 Å². The van der Waals surface area contributed by atoms with Gasteiger partial charge in [-0.3, -0.25) is 4.79 Å². The number of nitrogens with zero attached hydrogens (tertiary/aromatic N) is 1. The van der Waals surface area contributed by atoms with Crippen molar-refractivity contribution in [3.63, 3.8) is 0 Å². The lowest BCUT2D eigenvalue weighted by atomic mass is 9.87. The van der Waals surface area contributed by atoms with Gasteiger partial charge in [0.15, 0.2) is 0 Å². The zero-order chi connectivity index (χ0) is 20.0. The van der Waals surface area contributed by atoms with Crippen molar-refractivity contribution in [1.29, 1.82) is 0 Å². The van der Waals surface area contributed by atoms with Gasteiger partial charge in [0.05, 0.1) is 0 Å². The number of carbonyl (C=O) groups excluding carboxylic acids is 1. The molecule has 1 amide bonds. The minimum Gasteiger partial charge on any atom is -0.379 e. The molecule has 5 nitrogen and oxygen atoms in total. The van der Waals surface area contributed by atoms with E-state index in [0.29, 0.717) is 6.42 Å². The van der Waals surface area contributed by atoms with E-state index in [-0.39, 0.29) is 28.0 Å². The minimum atomic E-state index is -3.94. The van der Waals surface area contributed by atoms with Crippen molar-refractivity contribution < 1.29 is 17.4 Å². The minimum absolute atomic E-state index is 0.0151. The molecule has 0 saturated heterocycles. The van der Waals surface area contributed by atoms with E-state index in [1.165, 1.54) is 13.0 Å². The summed E-state index contributed by atoms with van der Waals surface area (Å²) in [7, 11) is -3.94. The Hall–Kier alpha value is -2.34. The van der Waals surface area contributed by atoms with E-state index in [1.54, 1.807) is 29.2 Å². The number of anilines is 1. The number of amides is 1. The molecule has 2 aromatic carbocycles. The Labute approximate surface area is 161 Å². The molecule has 0 spiro atoms. The molecule has 0 saturated carbocycles. The maximum atomic E-state index is 12.7. The Bertz CT molecular complexity index is 972. The van der Waals surface area contributed by atoms with Crippen molar-refractivity contribution in [3.8, 4) is 5.75 Å². The second-order valence-corrected chi connectivity index (χ2v) is 9.59. The van der Waals surface area contributed by atoms with E-state index in [0.717, 1.165) is 16.8 Å². The van der Waals surface area contributed by atoms with Crippen molar-refractivity contribution in [3.05, 3.63) is 53.6 Å². The fraction of sp³-hybridized carbons (Fsp3) is 0.381. The van der Waals surface area contributed by atoms with Gasteiger partial charge in [0.2, 0.25) is 5.91 Å². The summed E-state index contributed by atoms with van der Waals surface area (Å²) in [4.78, 5) is 13.6. The standard InChI is InChI=1S/C21H25NO4S/c1-14-12-16-13-19(10-11-20(16)22(14)15(2)23)27(24,25)26-18-8-6-17(7-9-18)21(3,4)5/h6-11,13-14H,12H2,1-5H3. The molecule has 0 bridgehead atoms. The molecule has 1 atom stereocenters. The van der Waals surface area contributed by atoms with Crippen LogP contribution in [-0.4, -0.2) is 20.4 Å². The first kappa shape index (κ1) is 19.4. The van der Waals surface area contributed by atoms with Crippen molar-refractivity contribution in [1.82, 2.24) is 0 Å². The van der Waals surface area contributed by atoms with Crippen LogP contribution in [0.2, 0.25) is 0 Å². The summed E-state index contributed by atoms with van der Waals surface area (Å²) in [5.41, 5.74) is 2.69. The maximum absolute atomic E-state index is 12.7. The number of rotatable bonds is 3. The normalized spacial score (nSPS) is 16.9. The quantitative estimate of drug-likeness (QED) is 0.746. The number of hydrogen-bond acceptors (Lipinski definition) is 4. The Morgan fingerprint density at radius 3 is 2.30 bits per heavy atom. The van der Waals surface area contributed by atoms with E-state index in [4.69, 9.17) is 4.18 Å². The summed E-state index contributed by atoms with van der Waals surface area (Å²) < 4.78 is 30.7.